The molecule has 3 saturated carbocycles. The summed E-state index contributed by atoms with van der Waals surface area (Å²) >= 11 is 0. The van der Waals surface area contributed by atoms with Gasteiger partial charge in [0.1, 0.15) is 23.0 Å². The minimum atomic E-state index is -3.96. The van der Waals surface area contributed by atoms with Gasteiger partial charge in [0.05, 0.1) is 22.2 Å². The van der Waals surface area contributed by atoms with Crippen LogP contribution < -0.4 is 20.1 Å². The van der Waals surface area contributed by atoms with Gasteiger partial charge in [-0.15, -0.1) is 0 Å². The Labute approximate surface area is 304 Å². The topological polar surface area (TPSA) is 148 Å². The quantitative estimate of drug-likeness (QED) is 0.240. The van der Waals surface area contributed by atoms with E-state index in [0.717, 1.165) is 31.4 Å². The Morgan fingerprint density at radius 1 is 1.04 bits per heavy atom. The molecule has 52 heavy (non-hydrogen) atoms. The highest BCUT2D eigenvalue weighted by Crippen LogP contribution is 2.48. The molecule has 2 heterocycles. The first-order valence-corrected chi connectivity index (χ1v) is 20.0. The number of hydrogen-bond acceptors (Lipinski definition) is 8. The Balaban J connectivity index is 1.21. The number of allylic oxidation sites excluding steroid dienone is 1. The van der Waals surface area contributed by atoms with Crippen LogP contribution in [-0.2, 0) is 24.4 Å². The molecule has 4 aliphatic rings. The number of sulfonamides is 1. The number of fused-ring (bicyclic) bond motifs is 3. The van der Waals surface area contributed by atoms with Crippen LogP contribution in [0.15, 0.2) is 60.7 Å². The van der Waals surface area contributed by atoms with Crippen LogP contribution in [-0.4, -0.2) is 58.0 Å². The summed E-state index contributed by atoms with van der Waals surface area (Å²) in [5, 5.41) is 6.39. The molecule has 2 amide bonds. The highest BCUT2D eigenvalue weighted by atomic mass is 32.2. The van der Waals surface area contributed by atoms with Gasteiger partial charge in [0, 0.05) is 23.6 Å². The maximum absolute atomic E-state index is 15.0. The van der Waals surface area contributed by atoms with E-state index < -0.39 is 61.9 Å². The monoisotopic (exact) mass is 733 g/mol. The van der Waals surface area contributed by atoms with E-state index in [4.69, 9.17) is 4.74 Å². The van der Waals surface area contributed by atoms with Crippen LogP contribution in [0, 0.1) is 23.6 Å². The third kappa shape index (κ3) is 6.95. The first-order chi connectivity index (χ1) is 24.8. The normalized spacial score (nSPS) is 29.6. The fourth-order valence-corrected chi connectivity index (χ4v) is 9.20. The molecular formula is C39H48FN5O6S. The average Bonchev–Trinajstić information content (AvgIpc) is 3.92. The minimum absolute atomic E-state index is 0.124. The number of carbonyl (C=O) groups is 3. The molecule has 3 fully saturated rings. The predicted molar refractivity (Wildman–Crippen MR) is 195 cm³/mol. The zero-order valence-electron chi connectivity index (χ0n) is 29.9. The summed E-state index contributed by atoms with van der Waals surface area (Å²) in [4.78, 5) is 47.6. The number of imidazole rings is 1. The van der Waals surface area contributed by atoms with Crippen LogP contribution in [0.3, 0.4) is 0 Å². The Kier molecular flexibility index (Phi) is 9.68. The Morgan fingerprint density at radius 2 is 1.79 bits per heavy atom. The summed E-state index contributed by atoms with van der Waals surface area (Å²) in [6.07, 6.45) is 8.72. The van der Waals surface area contributed by atoms with Crippen molar-refractivity contribution < 1.29 is 31.9 Å². The number of rotatable bonds is 8. The zero-order chi connectivity index (χ0) is 36.8. The molecule has 3 aromatic rings. The van der Waals surface area contributed by atoms with E-state index in [-0.39, 0.29) is 43.0 Å². The zero-order valence-corrected chi connectivity index (χ0v) is 30.8. The molecule has 3 N–H and O–H groups in total. The van der Waals surface area contributed by atoms with E-state index >= 15 is 4.39 Å². The molecule has 0 bridgehead atoms. The van der Waals surface area contributed by atoms with E-state index in [0.29, 0.717) is 30.3 Å². The Morgan fingerprint density at radius 3 is 2.52 bits per heavy atom. The molecule has 11 nitrogen and oxygen atoms in total. The van der Waals surface area contributed by atoms with Crippen LogP contribution in [0.5, 0.6) is 6.01 Å². The number of benzene rings is 2. The number of halogens is 1. The molecule has 6 atom stereocenters. The van der Waals surface area contributed by atoms with E-state index in [9.17, 15) is 22.8 Å². The number of ketones is 1. The number of nitrogens with one attached hydrogen (secondary N) is 3. The summed E-state index contributed by atoms with van der Waals surface area (Å²) in [5.74, 6) is -3.83. The van der Waals surface area contributed by atoms with Gasteiger partial charge < -0.3 is 15.4 Å². The Bertz CT molecular complexity index is 1990. The molecule has 0 spiro atoms. The van der Waals surface area contributed by atoms with Crippen molar-refractivity contribution in [2.24, 2.45) is 17.8 Å². The average molecular weight is 734 g/mol. The van der Waals surface area contributed by atoms with Crippen molar-refractivity contribution in [1.29, 1.82) is 0 Å². The van der Waals surface area contributed by atoms with Gasteiger partial charge in [-0.05, 0) is 96.4 Å². The van der Waals surface area contributed by atoms with Crippen LogP contribution in [0.2, 0.25) is 0 Å². The maximum Gasteiger partial charge on any atom is 0.297 e. The fourth-order valence-electron chi connectivity index (χ4n) is 7.89. The number of Topliss-reactive ketones (excluding diaryl/α,β-unsaturated/α-hetero) is 1. The SMILES string of the molecule is CC(C)n1c(O[C@H]2CC3C(=O)[C@@H](Nc4ccccc4)CCCCC/C=C\[C@@H]4C[C@@]4(C(=O)NS(=O)(=O)C4(C)CC4)NC(=O)[C@@H]3C2)nc2cccc(F)c21. The number of nitrogens with zero attached hydrogens (tertiary/aromatic N) is 2. The molecule has 1 aliphatic heterocycles. The number of carbonyl (C=O) groups excluding carboxylic acids is 3. The standard InChI is InChI=1S/C39H48FN5O6S/c1-24(2)45-33-30(40)16-12-18-31(33)42-37(45)51-27-21-28-29(22-27)35(47)43-39(36(48)44-52(49,50)38(3)19-20-38)23-25(39)13-8-5-4-6-11-17-32(34(28)46)41-26-14-9-7-10-15-26/h7-10,12-16,18,24-25,27-29,32,41H,4-6,11,17,19-23H2,1-3H3,(H,43,47)(H,44,48)/b13-8-/t25-,27+,28?,29-,32+,39-/m1/s1. The summed E-state index contributed by atoms with van der Waals surface area (Å²) in [7, 11) is -3.96. The van der Waals surface area contributed by atoms with Gasteiger partial charge in [-0.2, -0.15) is 4.98 Å². The molecule has 278 valence electrons. The van der Waals surface area contributed by atoms with Crippen LogP contribution in [0.4, 0.5) is 10.1 Å². The molecule has 13 heteroatoms. The van der Waals surface area contributed by atoms with E-state index in [2.05, 4.69) is 20.3 Å². The summed E-state index contributed by atoms with van der Waals surface area (Å²) in [5.41, 5.74) is 0.0941. The van der Waals surface area contributed by atoms with Crippen molar-refractivity contribution in [3.05, 3.63) is 66.5 Å². The van der Waals surface area contributed by atoms with Gasteiger partial charge in [-0.1, -0.05) is 49.3 Å². The molecule has 3 aliphatic carbocycles. The number of ether oxygens (including phenoxy) is 1. The molecule has 7 rings (SSSR count). The second kappa shape index (κ2) is 13.9. The fraction of sp³-hybridized carbons (Fsp3) is 0.538. The summed E-state index contributed by atoms with van der Waals surface area (Å²) in [6, 6.07) is 13.6. The molecule has 1 unspecified atom stereocenters. The van der Waals surface area contributed by atoms with E-state index in [1.807, 2.05) is 56.3 Å². The third-order valence-electron chi connectivity index (χ3n) is 11.4. The number of amides is 2. The van der Waals surface area contributed by atoms with Crippen molar-refractivity contribution in [2.75, 3.05) is 5.32 Å². The van der Waals surface area contributed by atoms with Gasteiger partial charge in [-0.3, -0.25) is 23.7 Å². The highest BCUT2D eigenvalue weighted by Gasteiger charge is 2.63. The summed E-state index contributed by atoms with van der Waals surface area (Å²) in [6.45, 7) is 5.42. The lowest BCUT2D eigenvalue weighted by Gasteiger charge is -2.27. The van der Waals surface area contributed by atoms with Crippen LogP contribution in [0.1, 0.15) is 91.0 Å². The smallest absolute Gasteiger partial charge is 0.297 e. The van der Waals surface area contributed by atoms with Gasteiger partial charge in [0.25, 0.3) is 11.9 Å². The van der Waals surface area contributed by atoms with Gasteiger partial charge in [0.2, 0.25) is 15.9 Å². The molecule has 0 radical (unpaired) electrons. The molecule has 2 aromatic carbocycles. The minimum Gasteiger partial charge on any atom is -0.461 e. The van der Waals surface area contributed by atoms with Crippen molar-refractivity contribution in [3.8, 4) is 6.01 Å². The van der Waals surface area contributed by atoms with Crippen LogP contribution >= 0.6 is 0 Å². The van der Waals surface area contributed by atoms with Gasteiger partial charge >= 0.3 is 0 Å². The lowest BCUT2D eigenvalue weighted by atomic mass is 9.85. The molecule has 1 aromatic heterocycles. The van der Waals surface area contributed by atoms with Crippen molar-refractivity contribution in [1.82, 2.24) is 19.6 Å². The van der Waals surface area contributed by atoms with Crippen LogP contribution in [0.25, 0.3) is 11.0 Å². The molecular weight excluding hydrogens is 686 g/mol. The first kappa shape index (κ1) is 36.1. The first-order valence-electron chi connectivity index (χ1n) is 18.6. The second-order valence-electron chi connectivity index (χ2n) is 15.6. The summed E-state index contributed by atoms with van der Waals surface area (Å²) < 4.78 is 50.8. The number of hydrogen-bond donors (Lipinski definition) is 3. The van der Waals surface area contributed by atoms with Gasteiger partial charge in [0.15, 0.2) is 5.78 Å². The third-order valence-corrected chi connectivity index (χ3v) is 13.6. The molecule has 0 saturated heterocycles. The number of anilines is 1. The van der Waals surface area contributed by atoms with Gasteiger partial charge in [-0.25, -0.2) is 12.8 Å². The lowest BCUT2D eigenvalue weighted by Crippen LogP contribution is -2.55. The maximum atomic E-state index is 15.0. The predicted octanol–water partition coefficient (Wildman–Crippen LogP) is 5.97. The number of para-hydroxylation sites is 2. The highest BCUT2D eigenvalue weighted by molar-refractivity contribution is 7.91. The van der Waals surface area contributed by atoms with E-state index in [1.54, 1.807) is 23.6 Å². The van der Waals surface area contributed by atoms with Crippen molar-refractivity contribution in [2.45, 2.75) is 113 Å². The van der Waals surface area contributed by atoms with Crippen molar-refractivity contribution in [3.63, 3.8) is 0 Å². The number of aromatic nitrogens is 2. The second-order valence-corrected chi connectivity index (χ2v) is 17.8. The largest absolute Gasteiger partial charge is 0.461 e. The Hall–Kier alpha value is -4.26. The van der Waals surface area contributed by atoms with Crippen molar-refractivity contribution >= 4 is 44.3 Å². The van der Waals surface area contributed by atoms with E-state index in [1.165, 1.54) is 6.07 Å². The lowest BCUT2D eigenvalue weighted by molar-refractivity contribution is -0.135.